The number of aryl methyl sites for hydroxylation is 3. The smallest absolute Gasteiger partial charge is 0.339 e. The Bertz CT molecular complexity index is 1290. The van der Waals surface area contributed by atoms with E-state index in [0.29, 0.717) is 16.7 Å². The maximum absolute atomic E-state index is 12.5. The van der Waals surface area contributed by atoms with E-state index in [1.807, 2.05) is 13.8 Å². The fourth-order valence-electron chi connectivity index (χ4n) is 3.00. The van der Waals surface area contributed by atoms with E-state index in [9.17, 15) is 18.0 Å². The SMILES string of the molecule is Cc1ccc(S(=O)(=O)NC(C)C(=O)Oc2ccc3c(C)c(C)c(=O)oc3c2C)cc1. The summed E-state index contributed by atoms with van der Waals surface area (Å²) in [7, 11) is -3.89. The van der Waals surface area contributed by atoms with Crippen molar-refractivity contribution in [3.05, 3.63) is 69.1 Å². The molecule has 0 saturated carbocycles. The first-order valence-corrected chi connectivity index (χ1v) is 10.8. The molecule has 0 aliphatic rings. The molecule has 1 unspecified atom stereocenters. The van der Waals surface area contributed by atoms with Crippen LogP contribution in [0.25, 0.3) is 11.0 Å². The standard InChI is InChI=1S/C22H23NO6S/c1-12-6-8-17(9-7-12)30(26,27)23-16(5)22(25)28-19-11-10-18-13(2)14(3)21(24)29-20(18)15(19)4/h6-11,16,23H,1-5H3. The highest BCUT2D eigenvalue weighted by Gasteiger charge is 2.24. The van der Waals surface area contributed by atoms with Gasteiger partial charge in [0.25, 0.3) is 0 Å². The van der Waals surface area contributed by atoms with E-state index < -0.39 is 27.7 Å². The lowest BCUT2D eigenvalue weighted by Gasteiger charge is -2.15. The number of hydrogen-bond donors (Lipinski definition) is 1. The van der Waals surface area contributed by atoms with E-state index in [4.69, 9.17) is 9.15 Å². The Morgan fingerprint density at radius 1 is 0.967 bits per heavy atom. The van der Waals surface area contributed by atoms with Gasteiger partial charge in [0.05, 0.1) is 4.90 Å². The Hall–Kier alpha value is -2.97. The van der Waals surface area contributed by atoms with E-state index in [-0.39, 0.29) is 10.6 Å². The molecule has 3 rings (SSSR count). The van der Waals surface area contributed by atoms with Crippen molar-refractivity contribution in [2.45, 2.75) is 45.6 Å². The Labute approximate surface area is 174 Å². The molecular formula is C22H23NO6S. The van der Waals surface area contributed by atoms with Gasteiger partial charge in [0.15, 0.2) is 0 Å². The molecule has 0 saturated heterocycles. The van der Waals surface area contributed by atoms with Crippen LogP contribution >= 0.6 is 0 Å². The predicted octanol–water partition coefficient (Wildman–Crippen LogP) is 3.30. The molecule has 1 heterocycles. The number of carbonyl (C=O) groups excluding carboxylic acids is 1. The minimum absolute atomic E-state index is 0.0576. The maximum Gasteiger partial charge on any atom is 0.339 e. The lowest BCUT2D eigenvalue weighted by atomic mass is 10.0. The number of carbonyl (C=O) groups is 1. The summed E-state index contributed by atoms with van der Waals surface area (Å²) in [5, 5.41) is 0.748. The first-order chi connectivity index (χ1) is 14.0. The molecule has 3 aromatic rings. The van der Waals surface area contributed by atoms with Gasteiger partial charge in [-0.2, -0.15) is 4.72 Å². The quantitative estimate of drug-likeness (QED) is 0.379. The number of nitrogens with one attached hydrogen (secondary N) is 1. The van der Waals surface area contributed by atoms with Crippen molar-refractivity contribution in [2.75, 3.05) is 0 Å². The van der Waals surface area contributed by atoms with Crippen LogP contribution < -0.4 is 15.1 Å². The highest BCUT2D eigenvalue weighted by atomic mass is 32.2. The van der Waals surface area contributed by atoms with Crippen molar-refractivity contribution in [1.29, 1.82) is 0 Å². The molecule has 7 nitrogen and oxygen atoms in total. The minimum Gasteiger partial charge on any atom is -0.425 e. The maximum atomic E-state index is 12.5. The molecule has 0 spiro atoms. The lowest BCUT2D eigenvalue weighted by Crippen LogP contribution is -2.40. The number of esters is 1. The average Bonchev–Trinajstić information content (AvgIpc) is 2.68. The van der Waals surface area contributed by atoms with Gasteiger partial charge in [-0.05, 0) is 64.4 Å². The number of fused-ring (bicyclic) bond motifs is 1. The van der Waals surface area contributed by atoms with Gasteiger partial charge in [0.1, 0.15) is 17.4 Å². The average molecular weight is 429 g/mol. The summed E-state index contributed by atoms with van der Waals surface area (Å²) in [5.41, 5.74) is 2.60. The van der Waals surface area contributed by atoms with Gasteiger partial charge in [0.2, 0.25) is 10.0 Å². The minimum atomic E-state index is -3.89. The van der Waals surface area contributed by atoms with Gasteiger partial charge in [-0.3, -0.25) is 0 Å². The van der Waals surface area contributed by atoms with Gasteiger partial charge in [-0.25, -0.2) is 18.0 Å². The van der Waals surface area contributed by atoms with Crippen molar-refractivity contribution in [3.63, 3.8) is 0 Å². The first-order valence-electron chi connectivity index (χ1n) is 9.35. The normalized spacial score (nSPS) is 12.7. The van der Waals surface area contributed by atoms with E-state index in [0.717, 1.165) is 16.5 Å². The van der Waals surface area contributed by atoms with Crippen LogP contribution in [0.2, 0.25) is 0 Å². The molecular weight excluding hydrogens is 406 g/mol. The molecule has 0 aliphatic carbocycles. The highest BCUT2D eigenvalue weighted by molar-refractivity contribution is 7.89. The second kappa shape index (κ2) is 8.04. The van der Waals surface area contributed by atoms with Crippen LogP contribution in [0.5, 0.6) is 5.75 Å². The summed E-state index contributed by atoms with van der Waals surface area (Å²) in [6.07, 6.45) is 0. The van der Waals surface area contributed by atoms with E-state index in [1.54, 1.807) is 38.1 Å². The topological polar surface area (TPSA) is 103 Å². The van der Waals surface area contributed by atoms with E-state index in [2.05, 4.69) is 4.72 Å². The zero-order valence-electron chi connectivity index (χ0n) is 17.4. The fourth-order valence-corrected chi connectivity index (χ4v) is 4.19. The van der Waals surface area contributed by atoms with Gasteiger partial charge >= 0.3 is 11.6 Å². The molecule has 0 aliphatic heterocycles. The van der Waals surface area contributed by atoms with Gasteiger partial charge < -0.3 is 9.15 Å². The molecule has 0 amide bonds. The van der Waals surface area contributed by atoms with Crippen LogP contribution in [-0.2, 0) is 14.8 Å². The first kappa shape index (κ1) is 21.7. The zero-order valence-corrected chi connectivity index (χ0v) is 18.2. The lowest BCUT2D eigenvalue weighted by molar-refractivity contribution is -0.135. The number of rotatable bonds is 5. The van der Waals surface area contributed by atoms with Crippen LogP contribution in [0.1, 0.15) is 29.2 Å². The van der Waals surface area contributed by atoms with Crippen molar-refractivity contribution in [1.82, 2.24) is 4.72 Å². The molecule has 30 heavy (non-hydrogen) atoms. The van der Waals surface area contributed by atoms with Crippen molar-refractivity contribution >= 4 is 27.0 Å². The molecule has 2 aromatic carbocycles. The van der Waals surface area contributed by atoms with Gasteiger partial charge in [-0.15, -0.1) is 0 Å². The summed E-state index contributed by atoms with van der Waals surface area (Å²) in [4.78, 5) is 24.6. The number of sulfonamides is 1. The summed E-state index contributed by atoms with van der Waals surface area (Å²) < 4.78 is 38.1. The van der Waals surface area contributed by atoms with Crippen LogP contribution in [0, 0.1) is 27.7 Å². The third-order valence-corrected chi connectivity index (χ3v) is 6.61. The Balaban J connectivity index is 1.84. The summed E-state index contributed by atoms with van der Waals surface area (Å²) in [5.74, 6) is -0.584. The van der Waals surface area contributed by atoms with Crippen LogP contribution in [-0.4, -0.2) is 20.4 Å². The largest absolute Gasteiger partial charge is 0.425 e. The zero-order chi connectivity index (χ0) is 22.2. The third-order valence-electron chi connectivity index (χ3n) is 5.05. The van der Waals surface area contributed by atoms with Crippen LogP contribution in [0.4, 0.5) is 0 Å². The van der Waals surface area contributed by atoms with Crippen molar-refractivity contribution in [2.24, 2.45) is 0 Å². The molecule has 8 heteroatoms. The van der Waals surface area contributed by atoms with Crippen molar-refractivity contribution < 1.29 is 22.4 Å². The monoisotopic (exact) mass is 429 g/mol. The molecule has 0 bridgehead atoms. The Morgan fingerprint density at radius 2 is 1.60 bits per heavy atom. The molecule has 1 atom stereocenters. The number of benzene rings is 2. The Kier molecular flexibility index (Phi) is 5.83. The van der Waals surface area contributed by atoms with Crippen molar-refractivity contribution in [3.8, 4) is 5.75 Å². The summed E-state index contributed by atoms with van der Waals surface area (Å²) in [6, 6.07) is 8.46. The molecule has 158 valence electrons. The second-order valence-electron chi connectivity index (χ2n) is 7.28. The third kappa shape index (κ3) is 4.15. The second-order valence-corrected chi connectivity index (χ2v) is 9.00. The summed E-state index contributed by atoms with van der Waals surface area (Å²) >= 11 is 0. The Morgan fingerprint density at radius 3 is 2.23 bits per heavy atom. The predicted molar refractivity (Wildman–Crippen MR) is 113 cm³/mol. The number of hydrogen-bond acceptors (Lipinski definition) is 6. The van der Waals surface area contributed by atoms with Crippen LogP contribution in [0.15, 0.2) is 50.5 Å². The summed E-state index contributed by atoms with van der Waals surface area (Å²) in [6.45, 7) is 8.43. The number of ether oxygens (including phenoxy) is 1. The van der Waals surface area contributed by atoms with E-state index >= 15 is 0 Å². The molecule has 0 fully saturated rings. The molecule has 1 aromatic heterocycles. The highest BCUT2D eigenvalue weighted by Crippen LogP contribution is 2.29. The van der Waals surface area contributed by atoms with Gasteiger partial charge in [-0.1, -0.05) is 17.7 Å². The fraction of sp³-hybridized carbons (Fsp3) is 0.273. The van der Waals surface area contributed by atoms with E-state index in [1.165, 1.54) is 19.1 Å². The van der Waals surface area contributed by atoms with Gasteiger partial charge in [0, 0.05) is 16.5 Å². The van der Waals surface area contributed by atoms with Crippen LogP contribution in [0.3, 0.4) is 0 Å². The molecule has 1 N–H and O–H groups in total. The molecule has 0 radical (unpaired) electrons.